The molecule has 11 N–H and O–H groups in total. The summed E-state index contributed by atoms with van der Waals surface area (Å²) in [6, 6.07) is 7.90. The van der Waals surface area contributed by atoms with Gasteiger partial charge in [0, 0.05) is 17.7 Å². The molecule has 3 aliphatic rings. The first-order valence-electron chi connectivity index (χ1n) is 16.8. The summed E-state index contributed by atoms with van der Waals surface area (Å²) in [5.74, 6) is -1.35. The summed E-state index contributed by atoms with van der Waals surface area (Å²) in [6.07, 6.45) is -24.6. The van der Waals surface area contributed by atoms with Crippen LogP contribution in [0, 0.1) is 0 Å². The predicted octanol–water partition coefficient (Wildman–Crippen LogP) is -3.62. The Kier molecular flexibility index (Phi) is 12.0. The van der Waals surface area contributed by atoms with Gasteiger partial charge in [-0.2, -0.15) is 0 Å². The summed E-state index contributed by atoms with van der Waals surface area (Å²) in [6.45, 7) is -0.147. The van der Waals surface area contributed by atoms with Crippen molar-refractivity contribution in [2.45, 2.75) is 99.0 Å². The summed E-state index contributed by atoms with van der Waals surface area (Å²) in [5.41, 5.74) is -1.02. The highest BCUT2D eigenvalue weighted by Crippen LogP contribution is 2.39. The number of aliphatic hydroxyl groups excluding tert-OH is 10. The van der Waals surface area contributed by atoms with Crippen molar-refractivity contribution in [3.8, 4) is 34.3 Å². The maximum Gasteiger partial charge on any atom is 0.239 e. The van der Waals surface area contributed by atoms with Crippen LogP contribution in [0.2, 0.25) is 0 Å². The third kappa shape index (κ3) is 7.46. The average Bonchev–Trinajstić information content (AvgIpc) is 3.16. The predicted molar refractivity (Wildman–Crippen MR) is 176 cm³/mol. The zero-order valence-corrected chi connectivity index (χ0v) is 28.6. The highest BCUT2D eigenvalue weighted by molar-refractivity contribution is 5.88. The molecule has 3 aromatic rings. The van der Waals surface area contributed by atoms with Gasteiger partial charge in [0.25, 0.3) is 0 Å². The van der Waals surface area contributed by atoms with Crippen molar-refractivity contribution in [3.05, 3.63) is 46.6 Å². The number of aliphatic hydroxyl groups is 10. The normalized spacial score (nSPS) is 37.2. The lowest BCUT2D eigenvalue weighted by Crippen LogP contribution is -2.64. The van der Waals surface area contributed by atoms with Crippen LogP contribution in [0.3, 0.4) is 0 Å². The lowest BCUT2D eigenvalue weighted by molar-refractivity contribution is -0.354. The van der Waals surface area contributed by atoms with E-state index in [1.165, 1.54) is 44.4 Å². The Morgan fingerprint density at radius 3 is 1.89 bits per heavy atom. The molecule has 0 bridgehead atoms. The molecule has 54 heavy (non-hydrogen) atoms. The fraction of sp³-hybridized carbons (Fsp3) is 0.559. The molecule has 3 fully saturated rings. The van der Waals surface area contributed by atoms with E-state index >= 15 is 0 Å². The number of rotatable bonds is 10. The molecule has 20 nitrogen and oxygen atoms in total. The standard InChI is InChI=1S/C34H42O20/c1-11-20(38)24(42)27(45)32(48-11)54-31-26(44)22(40)18(10-36)52-34(31)53-30-23(41)19-15(37)7-14(47-2)8-16(19)50-29(30)12-3-5-13(6-4-12)49-33-28(46)25(43)21(39)17(9-35)51-33/h3-8,11,17-18,20-22,24-28,31-40,42-46H,9-10H2,1-2H3/t11-,17+,18+,20-,21-,22-,24+,25-,26-,27-,28+,31+,32-,33+,34-/m0/s1. The van der Waals surface area contributed by atoms with Crippen LogP contribution in [0.15, 0.2) is 45.6 Å². The number of benzene rings is 2. The van der Waals surface area contributed by atoms with Crippen LogP contribution in [0.4, 0.5) is 0 Å². The fourth-order valence-corrected chi connectivity index (χ4v) is 6.35. The molecule has 3 aliphatic heterocycles. The Balaban J connectivity index is 1.38. The second-order valence-electron chi connectivity index (χ2n) is 13.1. The first-order valence-corrected chi connectivity index (χ1v) is 16.8. The maximum absolute atomic E-state index is 14.2. The lowest BCUT2D eigenvalue weighted by atomic mass is 9.97. The topological polar surface area (TPSA) is 317 Å². The van der Waals surface area contributed by atoms with Gasteiger partial charge >= 0.3 is 0 Å². The van der Waals surface area contributed by atoms with Gasteiger partial charge < -0.3 is 93.7 Å². The number of phenols is 1. The summed E-state index contributed by atoms with van der Waals surface area (Å²) < 4.78 is 45.4. The number of hydrogen-bond donors (Lipinski definition) is 11. The first-order chi connectivity index (χ1) is 25.7. The van der Waals surface area contributed by atoms with E-state index in [9.17, 15) is 61.0 Å². The van der Waals surface area contributed by atoms with Crippen LogP contribution in [0.25, 0.3) is 22.3 Å². The number of methoxy groups -OCH3 is 1. The van der Waals surface area contributed by atoms with Crippen molar-refractivity contribution in [3.63, 3.8) is 0 Å². The van der Waals surface area contributed by atoms with Crippen LogP contribution in [-0.2, 0) is 18.9 Å². The molecule has 0 spiro atoms. The number of phenolic OH excluding ortho intramolecular Hbond substituents is 1. The first kappa shape index (κ1) is 40.0. The Hall–Kier alpha value is -3.71. The molecule has 3 saturated heterocycles. The zero-order valence-electron chi connectivity index (χ0n) is 28.6. The van der Waals surface area contributed by atoms with Gasteiger partial charge in [0.05, 0.1) is 26.4 Å². The van der Waals surface area contributed by atoms with E-state index in [-0.39, 0.29) is 33.8 Å². The molecule has 0 amide bonds. The molecule has 20 heteroatoms. The molecule has 0 radical (unpaired) electrons. The highest BCUT2D eigenvalue weighted by atomic mass is 16.8. The third-order valence-corrected chi connectivity index (χ3v) is 9.52. The summed E-state index contributed by atoms with van der Waals surface area (Å²) in [5, 5.41) is 113. The largest absolute Gasteiger partial charge is 0.507 e. The molecule has 1 aromatic heterocycles. The van der Waals surface area contributed by atoms with Gasteiger partial charge in [-0.3, -0.25) is 4.79 Å². The quantitative estimate of drug-likeness (QED) is 0.0948. The second kappa shape index (κ2) is 16.2. The van der Waals surface area contributed by atoms with Gasteiger partial charge in [-0.1, -0.05) is 0 Å². The van der Waals surface area contributed by atoms with Crippen molar-refractivity contribution in [1.82, 2.24) is 0 Å². The monoisotopic (exact) mass is 770 g/mol. The zero-order chi connectivity index (χ0) is 39.2. The van der Waals surface area contributed by atoms with E-state index in [1.54, 1.807) is 0 Å². The Labute approximate surface area is 305 Å². The van der Waals surface area contributed by atoms with Gasteiger partial charge in [0.2, 0.25) is 23.8 Å². The van der Waals surface area contributed by atoms with Gasteiger partial charge in [0.1, 0.15) is 89.3 Å². The van der Waals surface area contributed by atoms with Crippen molar-refractivity contribution in [2.24, 2.45) is 0 Å². The highest BCUT2D eigenvalue weighted by Gasteiger charge is 2.51. The third-order valence-electron chi connectivity index (χ3n) is 9.52. The van der Waals surface area contributed by atoms with Crippen molar-refractivity contribution >= 4 is 11.0 Å². The van der Waals surface area contributed by atoms with E-state index < -0.39 is 122 Å². The van der Waals surface area contributed by atoms with Crippen LogP contribution in [0.1, 0.15) is 6.92 Å². The SMILES string of the molecule is COc1cc(O)c2c(=O)c(O[C@@H]3O[C@H](CO)[C@H](O)[C@H](O)[C@H]3O[C@@H]3O[C@@H](C)[C@H](O)[C@@H](O)[C@@H]3O)c(-c3ccc(O[C@@H]4O[C@H](CO)[C@H](O)[C@H](O)[C@H]4O)cc3)oc2c1. The molecule has 298 valence electrons. The number of hydrogen-bond acceptors (Lipinski definition) is 20. The number of fused-ring (bicyclic) bond motifs is 1. The van der Waals surface area contributed by atoms with E-state index in [4.69, 9.17) is 37.6 Å². The summed E-state index contributed by atoms with van der Waals surface area (Å²) >= 11 is 0. The molecular formula is C34H42O20. The van der Waals surface area contributed by atoms with E-state index in [0.29, 0.717) is 0 Å². The second-order valence-corrected chi connectivity index (χ2v) is 13.1. The van der Waals surface area contributed by atoms with E-state index in [2.05, 4.69) is 0 Å². The smallest absolute Gasteiger partial charge is 0.239 e. The van der Waals surface area contributed by atoms with Crippen molar-refractivity contribution < 1.29 is 93.7 Å². The molecule has 15 atom stereocenters. The van der Waals surface area contributed by atoms with Crippen LogP contribution in [-0.4, -0.2) is 169 Å². The van der Waals surface area contributed by atoms with Gasteiger partial charge in [-0.15, -0.1) is 0 Å². The number of aromatic hydroxyl groups is 1. The molecule has 4 heterocycles. The van der Waals surface area contributed by atoms with Gasteiger partial charge in [-0.05, 0) is 31.2 Å². The summed E-state index contributed by atoms with van der Waals surface area (Å²) in [4.78, 5) is 14.2. The minimum absolute atomic E-state index is 0.0487. The van der Waals surface area contributed by atoms with Crippen LogP contribution in [0.5, 0.6) is 23.0 Å². The minimum Gasteiger partial charge on any atom is -0.507 e. The van der Waals surface area contributed by atoms with Gasteiger partial charge in [0.15, 0.2) is 18.2 Å². The Morgan fingerprint density at radius 2 is 1.26 bits per heavy atom. The molecule has 0 saturated carbocycles. The van der Waals surface area contributed by atoms with E-state index in [0.717, 1.165) is 6.07 Å². The van der Waals surface area contributed by atoms with Crippen LogP contribution >= 0.6 is 0 Å². The minimum atomic E-state index is -1.93. The van der Waals surface area contributed by atoms with Crippen molar-refractivity contribution in [1.29, 1.82) is 0 Å². The fourth-order valence-electron chi connectivity index (χ4n) is 6.35. The lowest BCUT2D eigenvalue weighted by Gasteiger charge is -2.45. The van der Waals surface area contributed by atoms with Crippen LogP contribution < -0.4 is 19.6 Å². The van der Waals surface area contributed by atoms with Crippen molar-refractivity contribution in [2.75, 3.05) is 20.3 Å². The van der Waals surface area contributed by atoms with E-state index in [1.807, 2.05) is 0 Å². The Morgan fingerprint density at radius 1 is 0.667 bits per heavy atom. The number of ether oxygens (including phenoxy) is 7. The Bertz CT molecular complexity index is 1800. The molecule has 6 rings (SSSR count). The molecule has 2 aromatic carbocycles. The maximum atomic E-state index is 14.2. The van der Waals surface area contributed by atoms with Gasteiger partial charge in [-0.25, -0.2) is 0 Å². The molecular weight excluding hydrogens is 728 g/mol. The molecule has 0 aliphatic carbocycles. The average molecular weight is 771 g/mol. The molecule has 0 unspecified atom stereocenters. The summed E-state index contributed by atoms with van der Waals surface area (Å²) in [7, 11) is 1.32.